The van der Waals surface area contributed by atoms with E-state index in [0.29, 0.717) is 18.4 Å². The fraction of sp³-hybridized carbons (Fsp3) is 0.316. The summed E-state index contributed by atoms with van der Waals surface area (Å²) in [4.78, 5) is 13.1. The average molecular weight is 337 g/mol. The maximum atomic E-state index is 5.42. The number of benzene rings is 1. The highest BCUT2D eigenvalue weighted by molar-refractivity contribution is 5.23. The first-order chi connectivity index (χ1) is 12.1. The van der Waals surface area contributed by atoms with Crippen molar-refractivity contribution >= 4 is 5.95 Å². The van der Waals surface area contributed by atoms with Crippen molar-refractivity contribution in [1.29, 1.82) is 0 Å². The van der Waals surface area contributed by atoms with Crippen LogP contribution in [-0.4, -0.2) is 34.1 Å². The Labute approximate surface area is 148 Å². The van der Waals surface area contributed by atoms with Gasteiger partial charge in [-0.2, -0.15) is 4.98 Å². The standard InChI is InChI=1S/C19H23N5O/c1-15(17-11-7-8-12-20-17)24(13-16-9-5-4-6-10-16)14-18-21-19(22-25-18)23(2)3/h4-12,15H,13-14H2,1-3H3/t15-/m1/s1. The van der Waals surface area contributed by atoms with Crippen molar-refractivity contribution in [1.82, 2.24) is 20.0 Å². The third-order valence-electron chi connectivity index (χ3n) is 4.09. The minimum absolute atomic E-state index is 0.121. The lowest BCUT2D eigenvalue weighted by atomic mass is 10.1. The Bertz CT molecular complexity index is 773. The van der Waals surface area contributed by atoms with Crippen molar-refractivity contribution in [3.8, 4) is 0 Å². The molecule has 6 heteroatoms. The molecule has 0 unspecified atom stereocenters. The Balaban J connectivity index is 1.82. The van der Waals surface area contributed by atoms with E-state index in [1.54, 1.807) is 0 Å². The zero-order chi connectivity index (χ0) is 17.6. The molecule has 1 atom stereocenters. The molecule has 0 N–H and O–H groups in total. The Morgan fingerprint density at radius 2 is 1.76 bits per heavy atom. The lowest BCUT2D eigenvalue weighted by Crippen LogP contribution is -2.27. The van der Waals surface area contributed by atoms with Gasteiger partial charge in [0.1, 0.15) is 0 Å². The summed E-state index contributed by atoms with van der Waals surface area (Å²) < 4.78 is 5.42. The molecule has 6 nitrogen and oxygen atoms in total. The predicted octanol–water partition coefficient (Wildman–Crippen LogP) is 3.29. The van der Waals surface area contributed by atoms with E-state index in [1.165, 1.54) is 5.56 Å². The van der Waals surface area contributed by atoms with Crippen LogP contribution in [0.5, 0.6) is 0 Å². The number of anilines is 1. The van der Waals surface area contributed by atoms with Gasteiger partial charge in [0, 0.05) is 26.8 Å². The van der Waals surface area contributed by atoms with Crippen LogP contribution < -0.4 is 4.90 Å². The van der Waals surface area contributed by atoms with Crippen molar-refractivity contribution in [3.63, 3.8) is 0 Å². The third-order valence-corrected chi connectivity index (χ3v) is 4.09. The van der Waals surface area contributed by atoms with Crippen LogP contribution in [0.4, 0.5) is 5.95 Å². The second kappa shape index (κ2) is 7.90. The predicted molar refractivity (Wildman–Crippen MR) is 97.0 cm³/mol. The summed E-state index contributed by atoms with van der Waals surface area (Å²) >= 11 is 0. The highest BCUT2D eigenvalue weighted by atomic mass is 16.5. The maximum absolute atomic E-state index is 5.42. The van der Waals surface area contributed by atoms with E-state index < -0.39 is 0 Å². The first kappa shape index (κ1) is 17.1. The molecule has 0 bridgehead atoms. The van der Waals surface area contributed by atoms with Gasteiger partial charge in [0.05, 0.1) is 18.3 Å². The van der Waals surface area contributed by atoms with Crippen LogP contribution in [-0.2, 0) is 13.1 Å². The molecule has 1 aromatic carbocycles. The van der Waals surface area contributed by atoms with Gasteiger partial charge in [-0.15, -0.1) is 0 Å². The van der Waals surface area contributed by atoms with Crippen molar-refractivity contribution in [3.05, 3.63) is 71.9 Å². The van der Waals surface area contributed by atoms with Crippen LogP contribution in [0.25, 0.3) is 0 Å². The number of aromatic nitrogens is 3. The highest BCUT2D eigenvalue weighted by Gasteiger charge is 2.20. The number of rotatable bonds is 7. The van der Waals surface area contributed by atoms with Gasteiger partial charge in [-0.1, -0.05) is 36.4 Å². The molecule has 0 aliphatic carbocycles. The van der Waals surface area contributed by atoms with Crippen LogP contribution >= 0.6 is 0 Å². The summed E-state index contributed by atoms with van der Waals surface area (Å²) in [6.07, 6.45) is 1.82. The zero-order valence-electron chi connectivity index (χ0n) is 14.8. The molecule has 0 spiro atoms. The molecule has 0 aliphatic heterocycles. The lowest BCUT2D eigenvalue weighted by Gasteiger charge is -2.27. The second-order valence-corrected chi connectivity index (χ2v) is 6.20. The zero-order valence-corrected chi connectivity index (χ0v) is 14.8. The van der Waals surface area contributed by atoms with Gasteiger partial charge in [-0.3, -0.25) is 9.88 Å². The van der Waals surface area contributed by atoms with E-state index in [4.69, 9.17) is 4.52 Å². The van der Waals surface area contributed by atoms with E-state index in [0.717, 1.165) is 12.2 Å². The van der Waals surface area contributed by atoms with Crippen molar-refractivity contribution in [2.45, 2.75) is 26.1 Å². The van der Waals surface area contributed by atoms with Crippen LogP contribution in [0, 0.1) is 0 Å². The monoisotopic (exact) mass is 337 g/mol. The van der Waals surface area contributed by atoms with Crippen LogP contribution in [0.2, 0.25) is 0 Å². The minimum atomic E-state index is 0.121. The summed E-state index contributed by atoms with van der Waals surface area (Å²) in [5.41, 5.74) is 2.25. The molecule has 25 heavy (non-hydrogen) atoms. The fourth-order valence-corrected chi connectivity index (χ4v) is 2.62. The normalized spacial score (nSPS) is 12.3. The highest BCUT2D eigenvalue weighted by Crippen LogP contribution is 2.23. The summed E-state index contributed by atoms with van der Waals surface area (Å²) in [6, 6.07) is 16.5. The quantitative estimate of drug-likeness (QED) is 0.659. The van der Waals surface area contributed by atoms with Gasteiger partial charge in [-0.25, -0.2) is 0 Å². The molecular formula is C19H23N5O. The van der Waals surface area contributed by atoms with Crippen molar-refractivity contribution in [2.24, 2.45) is 0 Å². The topological polar surface area (TPSA) is 58.3 Å². The molecule has 130 valence electrons. The minimum Gasteiger partial charge on any atom is -0.344 e. The van der Waals surface area contributed by atoms with E-state index in [1.807, 2.05) is 49.5 Å². The van der Waals surface area contributed by atoms with Gasteiger partial charge in [0.25, 0.3) is 5.95 Å². The van der Waals surface area contributed by atoms with Gasteiger partial charge in [0.2, 0.25) is 5.89 Å². The van der Waals surface area contributed by atoms with E-state index in [-0.39, 0.29) is 6.04 Å². The van der Waals surface area contributed by atoms with Crippen LogP contribution in [0.3, 0.4) is 0 Å². The molecule has 0 fully saturated rings. The van der Waals surface area contributed by atoms with Crippen LogP contribution in [0.1, 0.15) is 30.1 Å². The molecule has 2 heterocycles. The Morgan fingerprint density at radius 3 is 2.40 bits per heavy atom. The van der Waals surface area contributed by atoms with Gasteiger partial charge >= 0.3 is 0 Å². The summed E-state index contributed by atoms with van der Waals surface area (Å²) in [7, 11) is 3.79. The molecule has 0 saturated carbocycles. The van der Waals surface area contributed by atoms with E-state index in [9.17, 15) is 0 Å². The van der Waals surface area contributed by atoms with E-state index >= 15 is 0 Å². The second-order valence-electron chi connectivity index (χ2n) is 6.20. The van der Waals surface area contributed by atoms with Crippen LogP contribution in [0.15, 0.2) is 59.3 Å². The van der Waals surface area contributed by atoms with Gasteiger partial charge in [-0.05, 0) is 29.8 Å². The molecular weight excluding hydrogens is 314 g/mol. The SMILES string of the molecule is C[C@H](c1ccccn1)N(Cc1ccccc1)Cc1nc(N(C)C)no1. The first-order valence-corrected chi connectivity index (χ1v) is 8.32. The first-order valence-electron chi connectivity index (χ1n) is 8.32. The summed E-state index contributed by atoms with van der Waals surface area (Å²) in [5, 5.41) is 4.01. The molecule has 0 saturated heterocycles. The van der Waals surface area contributed by atoms with E-state index in [2.05, 4.69) is 51.2 Å². The molecule has 3 rings (SSSR count). The maximum Gasteiger partial charge on any atom is 0.265 e. The molecule has 0 amide bonds. The Hall–Kier alpha value is -2.73. The molecule has 0 aliphatic rings. The van der Waals surface area contributed by atoms with Crippen molar-refractivity contribution < 1.29 is 4.52 Å². The Kier molecular flexibility index (Phi) is 5.40. The molecule has 3 aromatic rings. The number of nitrogens with zero attached hydrogens (tertiary/aromatic N) is 5. The van der Waals surface area contributed by atoms with Gasteiger partial charge < -0.3 is 9.42 Å². The average Bonchev–Trinajstić information content (AvgIpc) is 3.11. The number of hydrogen-bond donors (Lipinski definition) is 0. The Morgan fingerprint density at radius 1 is 1.00 bits per heavy atom. The smallest absolute Gasteiger partial charge is 0.265 e. The summed E-state index contributed by atoms with van der Waals surface area (Å²) in [6.45, 7) is 3.49. The number of pyridine rings is 1. The third kappa shape index (κ3) is 4.42. The lowest BCUT2D eigenvalue weighted by molar-refractivity contribution is 0.164. The summed E-state index contributed by atoms with van der Waals surface area (Å²) in [5.74, 6) is 1.18. The largest absolute Gasteiger partial charge is 0.344 e. The molecule has 0 radical (unpaired) electrons. The number of hydrogen-bond acceptors (Lipinski definition) is 6. The van der Waals surface area contributed by atoms with Crippen molar-refractivity contribution in [2.75, 3.05) is 19.0 Å². The van der Waals surface area contributed by atoms with Gasteiger partial charge in [0.15, 0.2) is 0 Å². The fourth-order valence-electron chi connectivity index (χ4n) is 2.62. The molecule has 2 aromatic heterocycles.